The lowest BCUT2D eigenvalue weighted by atomic mass is 10.1. The molecule has 0 radical (unpaired) electrons. The summed E-state index contributed by atoms with van der Waals surface area (Å²) in [4.78, 5) is 26.5. The van der Waals surface area contributed by atoms with E-state index in [1.54, 1.807) is 36.4 Å². The van der Waals surface area contributed by atoms with Gasteiger partial charge in [0.1, 0.15) is 0 Å². The third-order valence-electron chi connectivity index (χ3n) is 3.70. The number of hydrogen-bond donors (Lipinski definition) is 1. The molecule has 24 heavy (non-hydrogen) atoms. The van der Waals surface area contributed by atoms with Gasteiger partial charge in [-0.1, -0.05) is 32.0 Å². The normalized spacial score (nSPS) is 10.2. The van der Waals surface area contributed by atoms with Crippen LogP contribution in [0.3, 0.4) is 0 Å². The van der Waals surface area contributed by atoms with Crippen molar-refractivity contribution in [1.82, 2.24) is 4.90 Å². The number of hydrogen-bond acceptors (Lipinski definition) is 2. The molecule has 4 nitrogen and oxygen atoms in total. The third-order valence-corrected chi connectivity index (χ3v) is 3.70. The molecule has 0 bridgehead atoms. The minimum absolute atomic E-state index is 0.0413. The molecule has 0 aliphatic carbocycles. The lowest BCUT2D eigenvalue weighted by molar-refractivity contribution is 0.0755. The number of rotatable bonds is 7. The van der Waals surface area contributed by atoms with Crippen molar-refractivity contribution in [3.05, 3.63) is 65.7 Å². The van der Waals surface area contributed by atoms with E-state index in [0.717, 1.165) is 25.9 Å². The van der Waals surface area contributed by atoms with Crippen LogP contribution in [0.15, 0.2) is 54.6 Å². The van der Waals surface area contributed by atoms with E-state index in [1.165, 1.54) is 0 Å². The molecule has 0 spiro atoms. The second kappa shape index (κ2) is 8.87. The summed E-state index contributed by atoms with van der Waals surface area (Å²) in [6.45, 7) is 5.66. The van der Waals surface area contributed by atoms with Crippen LogP contribution < -0.4 is 5.32 Å². The van der Waals surface area contributed by atoms with Crippen molar-refractivity contribution in [3.63, 3.8) is 0 Å². The van der Waals surface area contributed by atoms with Crippen LogP contribution >= 0.6 is 0 Å². The quantitative estimate of drug-likeness (QED) is 0.830. The Morgan fingerprint density at radius 3 is 1.96 bits per heavy atom. The van der Waals surface area contributed by atoms with Gasteiger partial charge in [0, 0.05) is 29.9 Å². The second-order valence-corrected chi connectivity index (χ2v) is 5.69. The molecule has 0 saturated carbocycles. The molecule has 1 N–H and O–H groups in total. The molecule has 0 atom stereocenters. The molecular formula is C20H24N2O2. The Labute approximate surface area is 143 Å². The summed E-state index contributed by atoms with van der Waals surface area (Å²) in [5.41, 5.74) is 1.93. The summed E-state index contributed by atoms with van der Waals surface area (Å²) >= 11 is 0. The largest absolute Gasteiger partial charge is 0.339 e. The van der Waals surface area contributed by atoms with Crippen LogP contribution in [-0.2, 0) is 0 Å². The van der Waals surface area contributed by atoms with E-state index < -0.39 is 0 Å². The van der Waals surface area contributed by atoms with Gasteiger partial charge in [-0.2, -0.15) is 0 Å². The molecule has 0 heterocycles. The standard InChI is InChI=1S/C20H24N2O2/c1-3-14-22(15-4-2)20(24)17-10-12-18(13-11-17)21-19(23)16-8-6-5-7-9-16/h5-13H,3-4,14-15H2,1-2H3,(H,21,23). The Morgan fingerprint density at radius 1 is 0.833 bits per heavy atom. The third kappa shape index (κ3) is 4.69. The maximum Gasteiger partial charge on any atom is 0.255 e. The van der Waals surface area contributed by atoms with E-state index in [9.17, 15) is 9.59 Å². The van der Waals surface area contributed by atoms with Crippen LogP contribution in [0.5, 0.6) is 0 Å². The zero-order valence-corrected chi connectivity index (χ0v) is 14.3. The number of amides is 2. The average molecular weight is 324 g/mol. The number of nitrogens with zero attached hydrogens (tertiary/aromatic N) is 1. The van der Waals surface area contributed by atoms with Crippen LogP contribution in [0, 0.1) is 0 Å². The van der Waals surface area contributed by atoms with Crippen molar-refractivity contribution >= 4 is 17.5 Å². The van der Waals surface area contributed by atoms with Gasteiger partial charge in [0.2, 0.25) is 0 Å². The summed E-state index contributed by atoms with van der Waals surface area (Å²) < 4.78 is 0. The topological polar surface area (TPSA) is 49.4 Å². The van der Waals surface area contributed by atoms with Crippen LogP contribution in [0.1, 0.15) is 47.4 Å². The maximum absolute atomic E-state index is 12.5. The van der Waals surface area contributed by atoms with Crippen molar-refractivity contribution in [1.29, 1.82) is 0 Å². The van der Waals surface area contributed by atoms with Crippen LogP contribution in [0.25, 0.3) is 0 Å². The molecular weight excluding hydrogens is 300 g/mol. The van der Waals surface area contributed by atoms with Crippen molar-refractivity contribution in [3.8, 4) is 0 Å². The van der Waals surface area contributed by atoms with Crippen LogP contribution in [0.4, 0.5) is 5.69 Å². The predicted octanol–water partition coefficient (Wildman–Crippen LogP) is 4.20. The molecule has 2 aromatic carbocycles. The summed E-state index contributed by atoms with van der Waals surface area (Å²) in [5.74, 6) is -0.118. The number of anilines is 1. The molecule has 0 fully saturated rings. The molecule has 2 rings (SSSR count). The van der Waals surface area contributed by atoms with Crippen molar-refractivity contribution < 1.29 is 9.59 Å². The van der Waals surface area contributed by atoms with E-state index in [2.05, 4.69) is 19.2 Å². The summed E-state index contributed by atoms with van der Waals surface area (Å²) in [5, 5.41) is 2.84. The molecule has 2 aromatic rings. The predicted molar refractivity (Wildman–Crippen MR) is 97.3 cm³/mol. The molecule has 0 aromatic heterocycles. The van der Waals surface area contributed by atoms with Gasteiger partial charge in [0.05, 0.1) is 0 Å². The monoisotopic (exact) mass is 324 g/mol. The zero-order valence-electron chi connectivity index (χ0n) is 14.3. The smallest absolute Gasteiger partial charge is 0.255 e. The number of nitrogens with one attached hydrogen (secondary N) is 1. The Kier molecular flexibility index (Phi) is 6.55. The van der Waals surface area contributed by atoms with E-state index in [1.807, 2.05) is 23.1 Å². The number of carbonyl (C=O) groups is 2. The van der Waals surface area contributed by atoms with E-state index in [0.29, 0.717) is 16.8 Å². The van der Waals surface area contributed by atoms with E-state index >= 15 is 0 Å². The van der Waals surface area contributed by atoms with Crippen molar-refractivity contribution in [2.45, 2.75) is 26.7 Å². The van der Waals surface area contributed by atoms with Gasteiger partial charge in [0.15, 0.2) is 0 Å². The summed E-state index contributed by atoms with van der Waals surface area (Å²) in [6.07, 6.45) is 1.88. The van der Waals surface area contributed by atoms with Crippen LogP contribution in [0.2, 0.25) is 0 Å². The zero-order chi connectivity index (χ0) is 17.4. The highest BCUT2D eigenvalue weighted by atomic mass is 16.2. The van der Waals surface area contributed by atoms with Gasteiger partial charge < -0.3 is 10.2 Å². The molecule has 0 saturated heterocycles. The lowest BCUT2D eigenvalue weighted by Crippen LogP contribution is -2.32. The first-order valence-electron chi connectivity index (χ1n) is 8.41. The highest BCUT2D eigenvalue weighted by Gasteiger charge is 2.14. The summed E-state index contributed by atoms with van der Waals surface area (Å²) in [7, 11) is 0. The first-order valence-corrected chi connectivity index (χ1v) is 8.41. The Balaban J connectivity index is 2.04. The lowest BCUT2D eigenvalue weighted by Gasteiger charge is -2.21. The van der Waals surface area contributed by atoms with Gasteiger partial charge in [-0.15, -0.1) is 0 Å². The molecule has 0 aliphatic rings. The minimum Gasteiger partial charge on any atom is -0.339 e. The second-order valence-electron chi connectivity index (χ2n) is 5.69. The van der Waals surface area contributed by atoms with Gasteiger partial charge >= 0.3 is 0 Å². The molecule has 0 aliphatic heterocycles. The molecule has 0 unspecified atom stereocenters. The minimum atomic E-state index is -0.159. The Bertz CT molecular complexity index is 660. The fourth-order valence-corrected chi connectivity index (χ4v) is 2.53. The fraction of sp³-hybridized carbons (Fsp3) is 0.300. The number of benzene rings is 2. The first kappa shape index (κ1) is 17.7. The maximum atomic E-state index is 12.5. The van der Waals surface area contributed by atoms with E-state index in [-0.39, 0.29) is 11.8 Å². The Morgan fingerprint density at radius 2 is 1.42 bits per heavy atom. The average Bonchev–Trinajstić information content (AvgIpc) is 2.62. The van der Waals surface area contributed by atoms with Gasteiger partial charge in [-0.05, 0) is 49.2 Å². The SMILES string of the molecule is CCCN(CCC)C(=O)c1ccc(NC(=O)c2ccccc2)cc1. The van der Waals surface area contributed by atoms with Crippen molar-refractivity contribution in [2.75, 3.05) is 18.4 Å². The van der Waals surface area contributed by atoms with Gasteiger partial charge in [0.25, 0.3) is 11.8 Å². The summed E-state index contributed by atoms with van der Waals surface area (Å²) in [6, 6.07) is 16.1. The highest BCUT2D eigenvalue weighted by molar-refractivity contribution is 6.04. The van der Waals surface area contributed by atoms with Crippen LogP contribution in [-0.4, -0.2) is 29.8 Å². The Hall–Kier alpha value is -2.62. The number of carbonyl (C=O) groups excluding carboxylic acids is 2. The fourth-order valence-electron chi connectivity index (χ4n) is 2.53. The van der Waals surface area contributed by atoms with Crippen molar-refractivity contribution in [2.24, 2.45) is 0 Å². The molecule has 2 amide bonds. The highest BCUT2D eigenvalue weighted by Crippen LogP contribution is 2.13. The molecule has 4 heteroatoms. The first-order chi connectivity index (χ1) is 11.7. The van der Waals surface area contributed by atoms with Gasteiger partial charge in [-0.25, -0.2) is 0 Å². The van der Waals surface area contributed by atoms with Gasteiger partial charge in [-0.3, -0.25) is 9.59 Å². The van der Waals surface area contributed by atoms with E-state index in [4.69, 9.17) is 0 Å². The molecule has 126 valence electrons.